The van der Waals surface area contributed by atoms with Gasteiger partial charge < -0.3 is 5.73 Å². The zero-order valence-electron chi connectivity index (χ0n) is 12.3. The van der Waals surface area contributed by atoms with Crippen molar-refractivity contribution in [1.82, 2.24) is 4.98 Å². The first-order chi connectivity index (χ1) is 10.6. The number of anilines is 1. The molecule has 22 heavy (non-hydrogen) atoms. The van der Waals surface area contributed by atoms with Crippen molar-refractivity contribution in [2.24, 2.45) is 4.99 Å². The molecule has 0 radical (unpaired) electrons. The smallest absolute Gasteiger partial charge is 0.126 e. The van der Waals surface area contributed by atoms with E-state index in [1.54, 1.807) is 11.3 Å². The fraction of sp³-hybridized carbons (Fsp3) is 0.176. The zero-order chi connectivity index (χ0) is 15.4. The first kappa shape index (κ1) is 13.7. The van der Waals surface area contributed by atoms with E-state index >= 15 is 0 Å². The SMILES string of the molecule is Cc1nc2sc(C3=Nc4ccccc4C3)c(N)c2c(C)c1Cl. The second kappa shape index (κ2) is 4.80. The monoisotopic (exact) mass is 327 g/mol. The normalized spacial score (nSPS) is 13.5. The molecular formula is C17H14ClN3S. The molecule has 0 saturated heterocycles. The molecule has 4 rings (SSSR count). The number of rotatable bonds is 1. The summed E-state index contributed by atoms with van der Waals surface area (Å²) < 4.78 is 0. The fourth-order valence-electron chi connectivity index (χ4n) is 2.94. The highest BCUT2D eigenvalue weighted by Gasteiger charge is 2.23. The highest BCUT2D eigenvalue weighted by molar-refractivity contribution is 7.21. The molecule has 3 nitrogen and oxygen atoms in total. The number of hydrogen-bond acceptors (Lipinski definition) is 4. The van der Waals surface area contributed by atoms with Gasteiger partial charge in [0.1, 0.15) is 4.83 Å². The number of nitrogen functional groups attached to an aromatic ring is 1. The third-order valence-corrected chi connectivity index (χ3v) is 5.79. The largest absolute Gasteiger partial charge is 0.397 e. The van der Waals surface area contributed by atoms with Gasteiger partial charge in [0.2, 0.25) is 0 Å². The number of aromatic nitrogens is 1. The van der Waals surface area contributed by atoms with Crippen LogP contribution in [0.4, 0.5) is 11.4 Å². The van der Waals surface area contributed by atoms with Gasteiger partial charge in [0.25, 0.3) is 0 Å². The lowest BCUT2D eigenvalue weighted by Crippen LogP contribution is -2.01. The minimum atomic E-state index is 0.695. The summed E-state index contributed by atoms with van der Waals surface area (Å²) in [4.78, 5) is 11.3. The molecule has 2 N–H and O–H groups in total. The van der Waals surface area contributed by atoms with E-state index in [0.29, 0.717) is 5.02 Å². The van der Waals surface area contributed by atoms with Crippen LogP contribution in [0.25, 0.3) is 10.2 Å². The summed E-state index contributed by atoms with van der Waals surface area (Å²) >= 11 is 7.93. The van der Waals surface area contributed by atoms with Crippen LogP contribution in [0.1, 0.15) is 21.7 Å². The van der Waals surface area contributed by atoms with Crippen LogP contribution in [0.3, 0.4) is 0 Å². The lowest BCUT2D eigenvalue weighted by molar-refractivity contribution is 1.25. The van der Waals surface area contributed by atoms with Gasteiger partial charge in [0.15, 0.2) is 0 Å². The van der Waals surface area contributed by atoms with E-state index < -0.39 is 0 Å². The molecule has 3 aromatic rings. The number of para-hydroxylation sites is 1. The van der Waals surface area contributed by atoms with Crippen molar-refractivity contribution in [2.75, 3.05) is 5.73 Å². The average molecular weight is 328 g/mol. The molecule has 0 fully saturated rings. The van der Waals surface area contributed by atoms with Gasteiger partial charge in [-0.05, 0) is 31.0 Å². The van der Waals surface area contributed by atoms with Crippen molar-refractivity contribution >= 4 is 50.2 Å². The van der Waals surface area contributed by atoms with Crippen molar-refractivity contribution in [3.63, 3.8) is 0 Å². The predicted molar refractivity (Wildman–Crippen MR) is 94.9 cm³/mol. The molecule has 1 aliphatic heterocycles. The van der Waals surface area contributed by atoms with Crippen LogP contribution in [0, 0.1) is 13.8 Å². The van der Waals surface area contributed by atoms with Gasteiger partial charge in [0, 0.05) is 11.8 Å². The maximum Gasteiger partial charge on any atom is 0.126 e. The molecule has 0 bridgehead atoms. The van der Waals surface area contributed by atoms with Crippen LogP contribution in [0.2, 0.25) is 5.02 Å². The summed E-state index contributed by atoms with van der Waals surface area (Å²) in [6, 6.07) is 8.20. The summed E-state index contributed by atoms with van der Waals surface area (Å²) in [7, 11) is 0. The number of aliphatic imine (C=N–C) groups is 1. The number of hydrogen-bond donors (Lipinski definition) is 1. The van der Waals surface area contributed by atoms with Gasteiger partial charge in [0.05, 0.1) is 32.7 Å². The van der Waals surface area contributed by atoms with Crippen LogP contribution in [0.5, 0.6) is 0 Å². The van der Waals surface area contributed by atoms with Crippen LogP contribution in [0.15, 0.2) is 29.3 Å². The quantitative estimate of drug-likeness (QED) is 0.696. The number of thiophene rings is 1. The Morgan fingerprint density at radius 3 is 2.77 bits per heavy atom. The Labute approximate surface area is 137 Å². The molecule has 0 unspecified atom stereocenters. The van der Waals surface area contributed by atoms with Crippen molar-refractivity contribution in [2.45, 2.75) is 20.3 Å². The fourth-order valence-corrected chi connectivity index (χ4v) is 4.26. The minimum absolute atomic E-state index is 0.695. The molecule has 1 aromatic carbocycles. The first-order valence-electron chi connectivity index (χ1n) is 7.06. The number of fused-ring (bicyclic) bond motifs is 2. The van der Waals surface area contributed by atoms with E-state index in [9.17, 15) is 0 Å². The zero-order valence-corrected chi connectivity index (χ0v) is 13.8. The number of benzene rings is 1. The maximum absolute atomic E-state index is 6.40. The highest BCUT2D eigenvalue weighted by Crippen LogP contribution is 2.40. The van der Waals surface area contributed by atoms with Crippen LogP contribution in [-0.4, -0.2) is 10.7 Å². The summed E-state index contributed by atoms with van der Waals surface area (Å²) in [6.07, 6.45) is 0.818. The lowest BCUT2D eigenvalue weighted by atomic mass is 10.1. The molecule has 3 heterocycles. The van der Waals surface area contributed by atoms with Crippen molar-refractivity contribution in [3.8, 4) is 0 Å². The number of nitrogens with two attached hydrogens (primary N) is 1. The van der Waals surface area contributed by atoms with Crippen molar-refractivity contribution < 1.29 is 0 Å². The van der Waals surface area contributed by atoms with Gasteiger partial charge in [-0.2, -0.15) is 0 Å². The highest BCUT2D eigenvalue weighted by atomic mass is 35.5. The molecule has 2 aromatic heterocycles. The first-order valence-corrected chi connectivity index (χ1v) is 8.26. The Bertz CT molecular complexity index is 956. The molecule has 1 aliphatic rings. The van der Waals surface area contributed by atoms with Crippen LogP contribution in [-0.2, 0) is 6.42 Å². The standard InChI is InChI=1S/C17H14ClN3S/c1-8-13-15(19)16(22-17(13)20-9(2)14(8)18)12-7-10-5-3-4-6-11(10)21-12/h3-6H,7,19H2,1-2H3. The Hall–Kier alpha value is -1.91. The van der Waals surface area contributed by atoms with Crippen molar-refractivity contribution in [1.29, 1.82) is 0 Å². The molecule has 0 spiro atoms. The van der Waals surface area contributed by atoms with E-state index in [1.807, 2.05) is 32.0 Å². The van der Waals surface area contributed by atoms with Gasteiger partial charge >= 0.3 is 0 Å². The summed E-state index contributed by atoms with van der Waals surface area (Å²) in [5, 5.41) is 1.66. The van der Waals surface area contributed by atoms with Gasteiger partial charge in [-0.15, -0.1) is 11.3 Å². The summed E-state index contributed by atoms with van der Waals surface area (Å²) in [5.74, 6) is 0. The van der Waals surface area contributed by atoms with Gasteiger partial charge in [-0.3, -0.25) is 4.99 Å². The number of nitrogens with zero attached hydrogens (tertiary/aromatic N) is 2. The van der Waals surface area contributed by atoms with E-state index in [4.69, 9.17) is 22.3 Å². The molecular weight excluding hydrogens is 314 g/mol. The van der Waals surface area contributed by atoms with Crippen LogP contribution < -0.4 is 5.73 Å². The Kier molecular flexibility index (Phi) is 2.99. The molecule has 0 aliphatic carbocycles. The van der Waals surface area contributed by atoms with E-state index in [1.165, 1.54) is 5.56 Å². The lowest BCUT2D eigenvalue weighted by Gasteiger charge is -2.04. The molecule has 110 valence electrons. The molecule has 5 heteroatoms. The Balaban J connectivity index is 1.92. The number of halogens is 1. The van der Waals surface area contributed by atoms with Crippen molar-refractivity contribution in [3.05, 3.63) is 51.0 Å². The van der Waals surface area contributed by atoms with Crippen LogP contribution >= 0.6 is 22.9 Å². The Morgan fingerprint density at radius 2 is 2.00 bits per heavy atom. The topological polar surface area (TPSA) is 51.3 Å². The maximum atomic E-state index is 6.40. The summed E-state index contributed by atoms with van der Waals surface area (Å²) in [5.41, 5.74) is 12.3. The molecule has 0 amide bonds. The number of aryl methyl sites for hydroxylation is 2. The summed E-state index contributed by atoms with van der Waals surface area (Å²) in [6.45, 7) is 3.92. The minimum Gasteiger partial charge on any atom is -0.397 e. The third-order valence-electron chi connectivity index (χ3n) is 4.08. The van der Waals surface area contributed by atoms with E-state index in [0.717, 1.165) is 49.9 Å². The third kappa shape index (κ3) is 1.87. The average Bonchev–Trinajstić information content (AvgIpc) is 3.06. The van der Waals surface area contributed by atoms with E-state index in [-0.39, 0.29) is 0 Å². The van der Waals surface area contributed by atoms with Gasteiger partial charge in [-0.1, -0.05) is 29.8 Å². The molecule has 0 atom stereocenters. The molecule has 0 saturated carbocycles. The predicted octanol–water partition coefficient (Wildman–Crippen LogP) is 4.83. The Morgan fingerprint density at radius 1 is 1.23 bits per heavy atom. The van der Waals surface area contributed by atoms with E-state index in [2.05, 4.69) is 11.1 Å². The number of pyridine rings is 1. The second-order valence-electron chi connectivity index (χ2n) is 5.53. The van der Waals surface area contributed by atoms with Gasteiger partial charge in [-0.25, -0.2) is 4.98 Å². The second-order valence-corrected chi connectivity index (χ2v) is 6.90.